The monoisotopic (exact) mass is 393 g/mol. The molecule has 1 amide bonds. The maximum atomic E-state index is 13.2. The number of benzene rings is 2. The Bertz CT molecular complexity index is 1010. The Balaban J connectivity index is 1.74. The van der Waals surface area contributed by atoms with Gasteiger partial charge in [0.15, 0.2) is 5.78 Å². The van der Waals surface area contributed by atoms with Gasteiger partial charge in [0.05, 0.1) is 14.2 Å². The molecule has 1 aliphatic carbocycles. The summed E-state index contributed by atoms with van der Waals surface area (Å²) >= 11 is 0. The first-order chi connectivity index (χ1) is 14.0. The van der Waals surface area contributed by atoms with Crippen LogP contribution < -0.4 is 14.8 Å². The molecule has 29 heavy (non-hydrogen) atoms. The molecule has 1 aliphatic heterocycles. The van der Waals surface area contributed by atoms with Gasteiger partial charge in [-0.3, -0.25) is 9.59 Å². The number of phenols is 1. The largest absolute Gasteiger partial charge is 0.508 e. The van der Waals surface area contributed by atoms with Crippen LogP contribution in [0.2, 0.25) is 0 Å². The molecule has 0 spiro atoms. The second-order valence-electron chi connectivity index (χ2n) is 7.43. The number of ether oxygens (including phenoxy) is 2. The molecule has 6 nitrogen and oxygen atoms in total. The molecule has 0 bridgehead atoms. The third-order valence-electron chi connectivity index (χ3n) is 5.69. The van der Waals surface area contributed by atoms with Crippen molar-refractivity contribution in [2.45, 2.75) is 31.1 Å². The summed E-state index contributed by atoms with van der Waals surface area (Å²) in [6.45, 7) is 0. The number of aromatic hydroxyl groups is 1. The average molecular weight is 393 g/mol. The van der Waals surface area contributed by atoms with Gasteiger partial charge in [-0.1, -0.05) is 12.1 Å². The lowest BCUT2D eigenvalue weighted by Crippen LogP contribution is -2.38. The highest BCUT2D eigenvalue weighted by atomic mass is 16.5. The molecule has 6 heteroatoms. The van der Waals surface area contributed by atoms with Crippen molar-refractivity contribution in [3.05, 3.63) is 64.9 Å². The number of hydrogen-bond donors (Lipinski definition) is 2. The molecule has 2 aliphatic rings. The van der Waals surface area contributed by atoms with E-state index in [1.807, 2.05) is 24.3 Å². The fourth-order valence-electron chi connectivity index (χ4n) is 4.36. The van der Waals surface area contributed by atoms with Crippen molar-refractivity contribution >= 4 is 11.7 Å². The highest BCUT2D eigenvalue weighted by molar-refractivity contribution is 6.02. The predicted molar refractivity (Wildman–Crippen MR) is 107 cm³/mol. The van der Waals surface area contributed by atoms with E-state index in [1.165, 1.54) is 0 Å². The van der Waals surface area contributed by atoms with Gasteiger partial charge in [0.1, 0.15) is 17.2 Å². The zero-order valence-electron chi connectivity index (χ0n) is 16.4. The third kappa shape index (κ3) is 3.58. The minimum atomic E-state index is -0.341. The van der Waals surface area contributed by atoms with Gasteiger partial charge in [0, 0.05) is 41.5 Å². The van der Waals surface area contributed by atoms with Crippen molar-refractivity contribution < 1.29 is 24.2 Å². The van der Waals surface area contributed by atoms with E-state index >= 15 is 0 Å². The quantitative estimate of drug-likeness (QED) is 0.832. The van der Waals surface area contributed by atoms with Gasteiger partial charge in [0.25, 0.3) is 0 Å². The van der Waals surface area contributed by atoms with Crippen LogP contribution in [0.1, 0.15) is 42.2 Å². The third-order valence-corrected chi connectivity index (χ3v) is 5.69. The molecular weight excluding hydrogens is 370 g/mol. The first-order valence-electron chi connectivity index (χ1n) is 9.57. The number of carbonyl (C=O) groups excluding carboxylic acids is 2. The van der Waals surface area contributed by atoms with Crippen molar-refractivity contribution in [1.29, 1.82) is 0 Å². The van der Waals surface area contributed by atoms with Crippen LogP contribution in [0.3, 0.4) is 0 Å². The van der Waals surface area contributed by atoms with Crippen molar-refractivity contribution in [2.24, 2.45) is 0 Å². The lowest BCUT2D eigenvalue weighted by atomic mass is 9.73. The summed E-state index contributed by atoms with van der Waals surface area (Å²) in [5, 5.41) is 12.8. The van der Waals surface area contributed by atoms with Gasteiger partial charge < -0.3 is 19.9 Å². The average Bonchev–Trinajstić information content (AvgIpc) is 2.72. The Morgan fingerprint density at radius 3 is 2.55 bits per heavy atom. The SMILES string of the molecule is COc1ccc(OC)c(C2CC(=O)C3=C(C2)NC(=O)CC3c2cccc(O)c2)c1. The molecule has 2 aromatic rings. The van der Waals surface area contributed by atoms with Crippen LogP contribution in [-0.2, 0) is 9.59 Å². The van der Waals surface area contributed by atoms with Gasteiger partial charge in [-0.05, 0) is 42.3 Å². The Labute approximate surface area is 169 Å². The maximum absolute atomic E-state index is 13.2. The fraction of sp³-hybridized carbons (Fsp3) is 0.304. The molecule has 1 heterocycles. The highest BCUT2D eigenvalue weighted by Crippen LogP contribution is 2.45. The van der Waals surface area contributed by atoms with E-state index in [1.54, 1.807) is 32.4 Å². The Morgan fingerprint density at radius 2 is 1.83 bits per heavy atom. The van der Waals surface area contributed by atoms with Crippen molar-refractivity contribution in [3.63, 3.8) is 0 Å². The van der Waals surface area contributed by atoms with Crippen LogP contribution >= 0.6 is 0 Å². The molecule has 4 rings (SSSR count). The first kappa shape index (κ1) is 19.1. The molecule has 0 aromatic heterocycles. The molecule has 2 N–H and O–H groups in total. The topological polar surface area (TPSA) is 84.9 Å². The molecule has 0 saturated heterocycles. The van der Waals surface area contributed by atoms with Crippen LogP contribution in [0.4, 0.5) is 0 Å². The van der Waals surface area contributed by atoms with Crippen LogP contribution in [0.25, 0.3) is 0 Å². The second-order valence-corrected chi connectivity index (χ2v) is 7.43. The van der Waals surface area contributed by atoms with E-state index in [-0.39, 0.29) is 35.7 Å². The van der Waals surface area contributed by atoms with E-state index < -0.39 is 0 Å². The van der Waals surface area contributed by atoms with Crippen LogP contribution in [-0.4, -0.2) is 31.0 Å². The molecular formula is C23H23NO5. The van der Waals surface area contributed by atoms with E-state index in [2.05, 4.69) is 5.32 Å². The predicted octanol–water partition coefficient (Wildman–Crippen LogP) is 3.41. The van der Waals surface area contributed by atoms with Crippen molar-refractivity contribution in [3.8, 4) is 17.2 Å². The first-order valence-corrected chi connectivity index (χ1v) is 9.57. The molecule has 2 aromatic carbocycles. The number of allylic oxidation sites excluding steroid dienone is 2. The summed E-state index contributed by atoms with van der Waals surface area (Å²) in [6.07, 6.45) is 1.06. The van der Waals surface area contributed by atoms with Crippen LogP contribution in [0.15, 0.2) is 53.7 Å². The van der Waals surface area contributed by atoms with Crippen molar-refractivity contribution in [2.75, 3.05) is 14.2 Å². The van der Waals surface area contributed by atoms with Gasteiger partial charge in [-0.2, -0.15) is 0 Å². The highest BCUT2D eigenvalue weighted by Gasteiger charge is 2.39. The zero-order chi connectivity index (χ0) is 20.5. The number of carbonyl (C=O) groups is 2. The Kier molecular flexibility index (Phi) is 5.01. The minimum absolute atomic E-state index is 0.00876. The van der Waals surface area contributed by atoms with Crippen LogP contribution in [0, 0.1) is 0 Å². The van der Waals surface area contributed by atoms with E-state index in [9.17, 15) is 14.7 Å². The fourth-order valence-corrected chi connectivity index (χ4v) is 4.36. The molecule has 0 fully saturated rings. The summed E-state index contributed by atoms with van der Waals surface area (Å²) in [4.78, 5) is 25.6. The molecule has 0 radical (unpaired) electrons. The number of phenolic OH excluding ortho intramolecular Hbond substituents is 1. The lowest BCUT2D eigenvalue weighted by molar-refractivity contribution is -0.122. The van der Waals surface area contributed by atoms with Gasteiger partial charge in [-0.15, -0.1) is 0 Å². The molecule has 150 valence electrons. The van der Waals surface area contributed by atoms with E-state index in [4.69, 9.17) is 9.47 Å². The summed E-state index contributed by atoms with van der Waals surface area (Å²) in [5.41, 5.74) is 2.98. The standard InChI is InChI=1S/C23H23NO5/c1-28-16-6-7-21(29-2)17(11-16)14-9-19-23(20(26)10-14)18(12-22(27)24-19)13-4-3-5-15(25)8-13/h3-8,11,14,18,25H,9-10,12H2,1-2H3,(H,24,27). The number of ketones is 1. The normalized spacial score (nSPS) is 21.4. The second kappa shape index (κ2) is 7.62. The minimum Gasteiger partial charge on any atom is -0.508 e. The van der Waals surface area contributed by atoms with Gasteiger partial charge >= 0.3 is 0 Å². The number of amides is 1. The summed E-state index contributed by atoms with van der Waals surface area (Å²) < 4.78 is 10.8. The number of hydrogen-bond acceptors (Lipinski definition) is 5. The lowest BCUT2D eigenvalue weighted by Gasteiger charge is -2.35. The summed E-state index contributed by atoms with van der Waals surface area (Å²) in [5.74, 6) is 0.939. The number of Topliss-reactive ketones (excluding diaryl/α,β-unsaturated/α-hetero) is 1. The van der Waals surface area contributed by atoms with Crippen molar-refractivity contribution in [1.82, 2.24) is 5.32 Å². The number of methoxy groups -OCH3 is 2. The van der Waals surface area contributed by atoms with E-state index in [0.29, 0.717) is 35.6 Å². The number of rotatable bonds is 4. The van der Waals surface area contributed by atoms with E-state index in [0.717, 1.165) is 11.1 Å². The Morgan fingerprint density at radius 1 is 1.00 bits per heavy atom. The van der Waals surface area contributed by atoms with Gasteiger partial charge in [0.2, 0.25) is 5.91 Å². The summed E-state index contributed by atoms with van der Waals surface area (Å²) in [7, 11) is 3.19. The smallest absolute Gasteiger partial charge is 0.225 e. The number of nitrogens with one attached hydrogen (secondary N) is 1. The molecule has 2 unspecified atom stereocenters. The molecule has 0 saturated carbocycles. The summed E-state index contributed by atoms with van der Waals surface area (Å²) in [6, 6.07) is 12.3. The Hall–Kier alpha value is -3.28. The maximum Gasteiger partial charge on any atom is 0.225 e. The zero-order valence-corrected chi connectivity index (χ0v) is 16.4. The van der Waals surface area contributed by atoms with Crippen LogP contribution in [0.5, 0.6) is 17.2 Å². The van der Waals surface area contributed by atoms with Gasteiger partial charge in [-0.25, -0.2) is 0 Å². The molecule has 2 atom stereocenters.